The summed E-state index contributed by atoms with van der Waals surface area (Å²) in [7, 11) is 1.69. The standard InChI is InChI=1S/C10H21N.C9H19NO/c1-7-9(10(4,5)6)11-8(2)3;1-6-7(8(11)10-5)9(2,3)4/h9,11H,2,7H2,1,3-6H3;7H,6H2,1-5H3,(H,10,11). The molecule has 0 fully saturated rings. The SMILES string of the molecule is C=C(C)NC(CC)C(C)(C)C.CCC(C(=O)NC)C(C)(C)C. The summed E-state index contributed by atoms with van der Waals surface area (Å²) in [6.45, 7) is 23.1. The van der Waals surface area contributed by atoms with Gasteiger partial charge in [-0.2, -0.15) is 0 Å². The Hall–Kier alpha value is -0.990. The van der Waals surface area contributed by atoms with Crippen molar-refractivity contribution in [3.05, 3.63) is 12.3 Å². The molecule has 0 aromatic rings. The topological polar surface area (TPSA) is 41.1 Å². The predicted octanol–water partition coefficient (Wildman–Crippen LogP) is 4.74. The fraction of sp³-hybridized carbons (Fsp3) is 0.842. The molecule has 0 rings (SSSR count). The van der Waals surface area contributed by atoms with Gasteiger partial charge in [0, 0.05) is 24.7 Å². The van der Waals surface area contributed by atoms with E-state index < -0.39 is 0 Å². The third-order valence-electron chi connectivity index (χ3n) is 3.89. The van der Waals surface area contributed by atoms with E-state index in [9.17, 15) is 4.79 Å². The lowest BCUT2D eigenvalue weighted by Gasteiger charge is -2.31. The second-order valence-electron chi connectivity index (χ2n) is 8.19. The second-order valence-corrected chi connectivity index (χ2v) is 8.19. The minimum atomic E-state index is 0.0782. The molecule has 0 spiro atoms. The van der Waals surface area contributed by atoms with Gasteiger partial charge in [0.2, 0.25) is 5.91 Å². The van der Waals surface area contributed by atoms with Crippen LogP contribution in [0.3, 0.4) is 0 Å². The molecular weight excluding hydrogens is 272 g/mol. The van der Waals surface area contributed by atoms with Gasteiger partial charge >= 0.3 is 0 Å². The van der Waals surface area contributed by atoms with Gasteiger partial charge in [0.15, 0.2) is 0 Å². The molecule has 0 heterocycles. The normalized spacial score (nSPS) is 14.3. The number of nitrogens with one attached hydrogen (secondary N) is 2. The van der Waals surface area contributed by atoms with E-state index in [-0.39, 0.29) is 17.2 Å². The molecule has 3 nitrogen and oxygen atoms in total. The number of allylic oxidation sites excluding steroid dienone is 1. The van der Waals surface area contributed by atoms with Crippen LogP contribution in [0, 0.1) is 16.7 Å². The second kappa shape index (κ2) is 9.91. The molecule has 0 bridgehead atoms. The van der Waals surface area contributed by atoms with Crippen LogP contribution in [0.1, 0.15) is 75.2 Å². The van der Waals surface area contributed by atoms with Crippen molar-refractivity contribution in [3.63, 3.8) is 0 Å². The van der Waals surface area contributed by atoms with Crippen molar-refractivity contribution in [3.8, 4) is 0 Å². The molecule has 0 saturated heterocycles. The third kappa shape index (κ3) is 9.86. The van der Waals surface area contributed by atoms with Crippen molar-refractivity contribution in [2.75, 3.05) is 7.05 Å². The Labute approximate surface area is 139 Å². The van der Waals surface area contributed by atoms with Crippen LogP contribution in [0.4, 0.5) is 0 Å². The fourth-order valence-electron chi connectivity index (χ4n) is 2.59. The molecule has 0 aliphatic rings. The Morgan fingerprint density at radius 2 is 1.45 bits per heavy atom. The molecule has 1 amide bonds. The molecule has 0 radical (unpaired) electrons. The zero-order valence-corrected chi connectivity index (χ0v) is 16.7. The van der Waals surface area contributed by atoms with E-state index in [0.717, 1.165) is 18.5 Å². The molecule has 3 heteroatoms. The Morgan fingerprint density at radius 3 is 1.55 bits per heavy atom. The van der Waals surface area contributed by atoms with E-state index >= 15 is 0 Å². The van der Waals surface area contributed by atoms with Crippen molar-refractivity contribution >= 4 is 5.91 Å². The summed E-state index contributed by atoms with van der Waals surface area (Å²) in [6, 6.07) is 0.542. The maximum atomic E-state index is 11.3. The summed E-state index contributed by atoms with van der Waals surface area (Å²) >= 11 is 0. The van der Waals surface area contributed by atoms with Gasteiger partial charge in [-0.25, -0.2) is 0 Å². The van der Waals surface area contributed by atoms with E-state index in [1.54, 1.807) is 7.05 Å². The molecule has 2 unspecified atom stereocenters. The molecule has 0 aliphatic heterocycles. The van der Waals surface area contributed by atoms with Gasteiger partial charge in [-0.1, -0.05) is 62.0 Å². The number of amides is 1. The van der Waals surface area contributed by atoms with E-state index in [2.05, 4.69) is 65.7 Å². The Morgan fingerprint density at radius 1 is 1.00 bits per heavy atom. The number of carbonyl (C=O) groups is 1. The largest absolute Gasteiger partial charge is 0.386 e. The highest BCUT2D eigenvalue weighted by Crippen LogP contribution is 2.28. The summed E-state index contributed by atoms with van der Waals surface area (Å²) < 4.78 is 0. The van der Waals surface area contributed by atoms with Gasteiger partial charge in [0.05, 0.1) is 0 Å². The molecule has 22 heavy (non-hydrogen) atoms. The quantitative estimate of drug-likeness (QED) is 0.770. The Balaban J connectivity index is 0. The smallest absolute Gasteiger partial charge is 0.223 e. The molecule has 2 N–H and O–H groups in total. The van der Waals surface area contributed by atoms with Crippen LogP contribution in [0.5, 0.6) is 0 Å². The summed E-state index contributed by atoms with van der Waals surface area (Å²) in [4.78, 5) is 11.3. The lowest BCUT2D eigenvalue weighted by Crippen LogP contribution is -2.38. The first-order valence-corrected chi connectivity index (χ1v) is 8.44. The van der Waals surface area contributed by atoms with Gasteiger partial charge in [0.1, 0.15) is 0 Å². The van der Waals surface area contributed by atoms with Crippen molar-refractivity contribution in [1.82, 2.24) is 10.6 Å². The minimum Gasteiger partial charge on any atom is -0.386 e. The number of carbonyl (C=O) groups excluding carboxylic acids is 1. The van der Waals surface area contributed by atoms with E-state index in [1.165, 1.54) is 0 Å². The third-order valence-corrected chi connectivity index (χ3v) is 3.89. The van der Waals surface area contributed by atoms with Crippen LogP contribution in [0.2, 0.25) is 0 Å². The molecule has 132 valence electrons. The predicted molar refractivity (Wildman–Crippen MR) is 98.8 cm³/mol. The lowest BCUT2D eigenvalue weighted by atomic mass is 9.78. The van der Waals surface area contributed by atoms with E-state index in [4.69, 9.17) is 0 Å². The minimum absolute atomic E-state index is 0.0782. The summed E-state index contributed by atoms with van der Waals surface area (Å²) in [5.74, 6) is 0.285. The Bertz CT molecular complexity index is 334. The first-order valence-electron chi connectivity index (χ1n) is 8.44. The maximum Gasteiger partial charge on any atom is 0.223 e. The number of hydrogen-bond donors (Lipinski definition) is 2. The van der Waals surface area contributed by atoms with Crippen molar-refractivity contribution < 1.29 is 4.79 Å². The zero-order chi connectivity index (χ0) is 18.1. The first-order chi connectivity index (χ1) is 9.81. The zero-order valence-electron chi connectivity index (χ0n) is 16.7. The van der Waals surface area contributed by atoms with Crippen LogP contribution >= 0.6 is 0 Å². The molecule has 2 atom stereocenters. The molecule has 0 aliphatic carbocycles. The van der Waals surface area contributed by atoms with Crippen LogP contribution in [0.15, 0.2) is 12.3 Å². The maximum absolute atomic E-state index is 11.3. The number of rotatable bonds is 5. The highest BCUT2D eigenvalue weighted by Gasteiger charge is 2.28. The Kier molecular flexibility index (Phi) is 10.5. The van der Waals surface area contributed by atoms with E-state index in [0.29, 0.717) is 11.5 Å². The van der Waals surface area contributed by atoms with Crippen LogP contribution in [-0.4, -0.2) is 19.0 Å². The molecular formula is C19H40N2O. The molecule has 0 aromatic heterocycles. The van der Waals surface area contributed by atoms with Gasteiger partial charge in [-0.05, 0) is 30.6 Å². The van der Waals surface area contributed by atoms with Gasteiger partial charge in [-0.15, -0.1) is 0 Å². The average Bonchev–Trinajstić information content (AvgIpc) is 2.33. The summed E-state index contributed by atoms with van der Waals surface area (Å²) in [6.07, 6.45) is 2.06. The van der Waals surface area contributed by atoms with Gasteiger partial charge in [-0.3, -0.25) is 4.79 Å². The summed E-state index contributed by atoms with van der Waals surface area (Å²) in [5.41, 5.74) is 1.47. The van der Waals surface area contributed by atoms with E-state index in [1.807, 2.05) is 13.8 Å². The highest BCUT2D eigenvalue weighted by atomic mass is 16.1. The van der Waals surface area contributed by atoms with Crippen molar-refractivity contribution in [2.45, 2.75) is 81.2 Å². The number of hydrogen-bond acceptors (Lipinski definition) is 2. The van der Waals surface area contributed by atoms with Crippen LogP contribution in [0.25, 0.3) is 0 Å². The van der Waals surface area contributed by atoms with Crippen LogP contribution < -0.4 is 10.6 Å². The summed E-state index contributed by atoms with van der Waals surface area (Å²) in [5, 5.41) is 6.06. The first kappa shape index (κ1) is 23.3. The van der Waals surface area contributed by atoms with Gasteiger partial charge < -0.3 is 10.6 Å². The highest BCUT2D eigenvalue weighted by molar-refractivity contribution is 5.78. The van der Waals surface area contributed by atoms with Crippen molar-refractivity contribution in [1.29, 1.82) is 0 Å². The average molecular weight is 313 g/mol. The van der Waals surface area contributed by atoms with Gasteiger partial charge in [0.25, 0.3) is 0 Å². The monoisotopic (exact) mass is 312 g/mol. The molecule has 0 aromatic carbocycles. The fourth-order valence-corrected chi connectivity index (χ4v) is 2.59. The van der Waals surface area contributed by atoms with Crippen LogP contribution in [-0.2, 0) is 4.79 Å². The van der Waals surface area contributed by atoms with Crippen molar-refractivity contribution in [2.24, 2.45) is 16.7 Å². The molecule has 0 saturated carbocycles. The lowest BCUT2D eigenvalue weighted by molar-refractivity contribution is -0.127.